The van der Waals surface area contributed by atoms with Gasteiger partial charge in [0, 0.05) is 37.3 Å². The summed E-state index contributed by atoms with van der Waals surface area (Å²) in [5, 5.41) is 17.7. The lowest BCUT2D eigenvalue weighted by molar-refractivity contribution is -0.192. The van der Waals surface area contributed by atoms with Crippen LogP contribution in [0.5, 0.6) is 0 Å². The lowest BCUT2D eigenvalue weighted by atomic mass is 9.84. The van der Waals surface area contributed by atoms with Gasteiger partial charge < -0.3 is 20.8 Å². The first-order valence-corrected chi connectivity index (χ1v) is 14.3. The highest BCUT2D eigenvalue weighted by atomic mass is 19.4. The zero-order chi connectivity index (χ0) is 29.1. The fraction of sp³-hybridized carbons (Fsp3) is 0.690. The van der Waals surface area contributed by atoms with E-state index in [9.17, 15) is 27.9 Å². The van der Waals surface area contributed by atoms with Gasteiger partial charge >= 0.3 is 12.1 Å². The number of carbonyl (C=O) groups excluding carboxylic acids is 2. The van der Waals surface area contributed by atoms with Crippen molar-refractivity contribution in [1.29, 1.82) is 0 Å². The lowest BCUT2D eigenvalue weighted by Gasteiger charge is -2.41. The minimum Gasteiger partial charge on any atom is -0.475 e. The number of aliphatic carboxylic acids is 1. The van der Waals surface area contributed by atoms with E-state index < -0.39 is 17.7 Å². The van der Waals surface area contributed by atoms with Crippen molar-refractivity contribution in [3.05, 3.63) is 35.4 Å². The molecular formula is C29H40F3N3O5. The average Bonchev–Trinajstić information content (AvgIpc) is 3.63. The van der Waals surface area contributed by atoms with Gasteiger partial charge in [-0.15, -0.1) is 0 Å². The van der Waals surface area contributed by atoms with E-state index in [4.69, 9.17) is 15.6 Å². The third-order valence-electron chi connectivity index (χ3n) is 9.01. The number of halogens is 3. The van der Waals surface area contributed by atoms with Gasteiger partial charge in [0.05, 0.1) is 0 Å². The van der Waals surface area contributed by atoms with E-state index in [2.05, 4.69) is 11.0 Å². The summed E-state index contributed by atoms with van der Waals surface area (Å²) >= 11 is 0. The number of amides is 2. The van der Waals surface area contributed by atoms with Crippen molar-refractivity contribution in [2.24, 2.45) is 11.7 Å². The van der Waals surface area contributed by atoms with Gasteiger partial charge in [0.1, 0.15) is 5.60 Å². The van der Waals surface area contributed by atoms with Gasteiger partial charge in [0.15, 0.2) is 0 Å². The summed E-state index contributed by atoms with van der Waals surface area (Å²) in [7, 11) is 0. The Balaban J connectivity index is 0.000000470. The van der Waals surface area contributed by atoms with Crippen LogP contribution in [0.3, 0.4) is 0 Å². The number of carboxylic acids is 1. The molecule has 2 unspecified atom stereocenters. The van der Waals surface area contributed by atoms with Crippen molar-refractivity contribution in [2.45, 2.75) is 100 Å². The summed E-state index contributed by atoms with van der Waals surface area (Å²) in [6, 6.07) is 8.90. The van der Waals surface area contributed by atoms with Gasteiger partial charge in [-0.2, -0.15) is 13.2 Å². The van der Waals surface area contributed by atoms with Crippen LogP contribution in [-0.4, -0.2) is 81.3 Å². The molecule has 5 rings (SSSR count). The number of piperidine rings is 1. The molecule has 1 aromatic carbocycles. The smallest absolute Gasteiger partial charge is 0.475 e. The first-order chi connectivity index (χ1) is 18.9. The monoisotopic (exact) mass is 567 g/mol. The predicted molar refractivity (Wildman–Crippen MR) is 141 cm³/mol. The van der Waals surface area contributed by atoms with Crippen molar-refractivity contribution < 1.29 is 37.8 Å². The van der Waals surface area contributed by atoms with E-state index in [0.29, 0.717) is 42.3 Å². The third-order valence-corrected chi connectivity index (χ3v) is 9.01. The standard InChI is InChI=1S/C27H39N3O3.C2HF3O2/c28-25(31)21-8-4-7-20(15-21)22-16-23-9-10-24(17-22)30(23)14-13-29(26(32)27(33)11-12-27)18-19-5-2-1-3-6-19;3-2(4,5)1(6)7/h4,7-8,15,19,22-24,33H,1-3,5-6,9-14,16-18H2,(H2,28,31);(H,6,7). The number of nitrogens with two attached hydrogens (primary N) is 1. The summed E-state index contributed by atoms with van der Waals surface area (Å²) in [5.74, 6) is -2.10. The highest BCUT2D eigenvalue weighted by molar-refractivity contribution is 5.93. The Bertz CT molecular complexity index is 1060. The van der Waals surface area contributed by atoms with E-state index in [0.717, 1.165) is 32.5 Å². The van der Waals surface area contributed by atoms with E-state index >= 15 is 0 Å². The molecule has 2 amide bonds. The molecule has 4 fully saturated rings. The van der Waals surface area contributed by atoms with Crippen LogP contribution in [0.25, 0.3) is 0 Å². The van der Waals surface area contributed by atoms with Crippen LogP contribution in [0.15, 0.2) is 24.3 Å². The van der Waals surface area contributed by atoms with Crippen molar-refractivity contribution in [3.63, 3.8) is 0 Å². The highest BCUT2D eigenvalue weighted by Crippen LogP contribution is 2.43. The summed E-state index contributed by atoms with van der Waals surface area (Å²) in [4.78, 5) is 38.2. The molecule has 0 aromatic heterocycles. The maximum Gasteiger partial charge on any atom is 0.490 e. The second-order valence-corrected chi connectivity index (χ2v) is 11.9. The summed E-state index contributed by atoms with van der Waals surface area (Å²) in [6.45, 7) is 2.44. The number of benzene rings is 1. The molecule has 2 aliphatic heterocycles. The van der Waals surface area contributed by atoms with Gasteiger partial charge in [-0.05, 0) is 80.9 Å². The van der Waals surface area contributed by atoms with Crippen LogP contribution in [0.1, 0.15) is 92.5 Å². The summed E-state index contributed by atoms with van der Waals surface area (Å²) in [6.07, 6.45) is 7.04. The van der Waals surface area contributed by atoms with Gasteiger partial charge in [0.2, 0.25) is 5.91 Å². The molecular weight excluding hydrogens is 527 g/mol. The van der Waals surface area contributed by atoms with Crippen LogP contribution in [0.2, 0.25) is 0 Å². The van der Waals surface area contributed by atoms with Crippen molar-refractivity contribution in [3.8, 4) is 0 Å². The average molecular weight is 568 g/mol. The number of alkyl halides is 3. The largest absolute Gasteiger partial charge is 0.490 e. The number of aliphatic hydroxyl groups is 1. The summed E-state index contributed by atoms with van der Waals surface area (Å²) < 4.78 is 31.7. The van der Waals surface area contributed by atoms with E-state index in [1.165, 1.54) is 50.5 Å². The Labute approximate surface area is 232 Å². The molecule has 1 aromatic rings. The molecule has 11 heteroatoms. The predicted octanol–water partition coefficient (Wildman–Crippen LogP) is 4.06. The minimum atomic E-state index is -5.08. The minimum absolute atomic E-state index is 0.0291. The normalized spacial score (nSPS) is 25.9. The van der Waals surface area contributed by atoms with E-state index in [1.54, 1.807) is 6.07 Å². The molecule has 2 heterocycles. The number of carboxylic acid groups (broad SMARTS) is 1. The second-order valence-electron chi connectivity index (χ2n) is 11.9. The third kappa shape index (κ3) is 7.54. The zero-order valence-corrected chi connectivity index (χ0v) is 22.7. The van der Waals surface area contributed by atoms with E-state index in [-0.39, 0.29) is 11.8 Å². The Hall–Kier alpha value is -2.66. The molecule has 2 atom stereocenters. The number of carbonyl (C=O) groups is 3. The molecule has 0 radical (unpaired) electrons. The Kier molecular flexibility index (Phi) is 9.44. The molecule has 2 saturated carbocycles. The zero-order valence-electron chi connectivity index (χ0n) is 22.7. The molecule has 8 nitrogen and oxygen atoms in total. The topological polar surface area (TPSA) is 124 Å². The van der Waals surface area contributed by atoms with E-state index in [1.807, 2.05) is 17.0 Å². The Morgan fingerprint density at radius 1 is 1.02 bits per heavy atom. The van der Waals surface area contributed by atoms with Crippen LogP contribution >= 0.6 is 0 Å². The lowest BCUT2D eigenvalue weighted by Crippen LogP contribution is -2.50. The van der Waals surface area contributed by atoms with Gasteiger partial charge in [0.25, 0.3) is 5.91 Å². The van der Waals surface area contributed by atoms with Crippen molar-refractivity contribution in [2.75, 3.05) is 19.6 Å². The fourth-order valence-electron chi connectivity index (χ4n) is 6.68. The van der Waals surface area contributed by atoms with Crippen LogP contribution in [-0.2, 0) is 9.59 Å². The first-order valence-electron chi connectivity index (χ1n) is 14.3. The molecule has 4 aliphatic rings. The highest BCUT2D eigenvalue weighted by Gasteiger charge is 2.50. The number of fused-ring (bicyclic) bond motifs is 2. The van der Waals surface area contributed by atoms with Crippen LogP contribution in [0.4, 0.5) is 13.2 Å². The molecule has 2 aliphatic carbocycles. The Morgan fingerprint density at radius 2 is 1.62 bits per heavy atom. The van der Waals surface area contributed by atoms with Gasteiger partial charge in [-0.25, -0.2) is 4.79 Å². The molecule has 2 bridgehead atoms. The van der Waals surface area contributed by atoms with Crippen LogP contribution in [0, 0.1) is 5.92 Å². The van der Waals surface area contributed by atoms with Gasteiger partial charge in [-0.3, -0.25) is 14.5 Å². The maximum atomic E-state index is 13.1. The van der Waals surface area contributed by atoms with Crippen LogP contribution < -0.4 is 5.73 Å². The quantitative estimate of drug-likeness (QED) is 0.435. The number of rotatable bonds is 8. The van der Waals surface area contributed by atoms with Gasteiger partial charge in [-0.1, -0.05) is 31.4 Å². The number of nitrogens with zero attached hydrogens (tertiary/aromatic N) is 2. The van der Waals surface area contributed by atoms with Crippen molar-refractivity contribution >= 4 is 17.8 Å². The molecule has 4 N–H and O–H groups in total. The molecule has 2 saturated heterocycles. The summed E-state index contributed by atoms with van der Waals surface area (Å²) in [5.41, 5.74) is 6.25. The number of hydrogen-bond acceptors (Lipinski definition) is 5. The number of hydrogen-bond donors (Lipinski definition) is 3. The molecule has 40 heavy (non-hydrogen) atoms. The SMILES string of the molecule is NC(=O)c1cccc(C2CC3CCC(C2)N3CCN(CC2CCCCC2)C(=O)C2(O)CC2)c1.O=C(O)C(F)(F)F. The fourth-order valence-corrected chi connectivity index (χ4v) is 6.68. The first kappa shape index (κ1) is 30.3. The molecule has 222 valence electrons. The maximum absolute atomic E-state index is 13.1. The van der Waals surface area contributed by atoms with Crippen molar-refractivity contribution in [1.82, 2.24) is 9.80 Å². The molecule has 0 spiro atoms. The second kappa shape index (κ2) is 12.5. The number of primary amides is 1. The Morgan fingerprint density at radius 3 is 2.15 bits per heavy atom.